The number of rotatable bonds is 8. The van der Waals surface area contributed by atoms with Crippen LogP contribution in [0.1, 0.15) is 45.9 Å². The topological polar surface area (TPSA) is 218 Å². The van der Waals surface area contributed by atoms with E-state index in [9.17, 15) is 48.3 Å². The summed E-state index contributed by atoms with van der Waals surface area (Å²) in [7, 11) is -1.90. The van der Waals surface area contributed by atoms with Crippen molar-refractivity contribution in [3.05, 3.63) is 75.6 Å². The Labute approximate surface area is 293 Å². The van der Waals surface area contributed by atoms with Crippen LogP contribution in [0.3, 0.4) is 0 Å². The Kier molecular flexibility index (Phi) is 10.1. The molecule has 3 aliphatic rings. The molecule has 6 rings (SSSR count). The number of imide groups is 1. The number of carboxylic acids is 1. The van der Waals surface area contributed by atoms with Crippen LogP contribution in [0.2, 0.25) is 5.02 Å². The minimum Gasteiger partial charge on any atom is -0.534 e. The molecular formula is C31H31BClF2N7O9. The second kappa shape index (κ2) is 14.5. The average Bonchev–Trinajstić information content (AvgIpc) is 3.50. The highest BCUT2D eigenvalue weighted by molar-refractivity contribution is 6.47. The molecule has 268 valence electrons. The fourth-order valence-corrected chi connectivity index (χ4v) is 6.74. The van der Waals surface area contributed by atoms with E-state index in [4.69, 9.17) is 16.3 Å². The molecule has 2 saturated heterocycles. The van der Waals surface area contributed by atoms with Crippen LogP contribution in [0.4, 0.5) is 18.4 Å². The standard InChI is InChI=1S/C31H31BClF2N7O9/c33-23-18(12-20(35)25(43)26(23)44)24(28(45)38-21-11-16-1-2-19(34)22(29(46)47)27(16)51-32(21)50)39-30(48)42-10-9-41(31(42)49)17-4-7-40(8-5-17)14-15-3-6-36-37-13-15/h1-3,6,12-13,17,21,24,43-44,50H,4-5,7-11,14H2,(H,38,45)(H,39,48)(H,46,47)/t21-,24?/m0/s1. The average molecular weight is 730 g/mol. The minimum atomic E-state index is -1.91. The van der Waals surface area contributed by atoms with Gasteiger partial charge in [0.25, 0.3) is 0 Å². The summed E-state index contributed by atoms with van der Waals surface area (Å²) in [6, 6.07) is 0.828. The number of benzene rings is 2. The number of nitrogens with zero attached hydrogens (tertiary/aromatic N) is 5. The number of hydrogen-bond donors (Lipinski definition) is 6. The lowest BCUT2D eigenvalue weighted by Gasteiger charge is -2.36. The van der Waals surface area contributed by atoms with Gasteiger partial charge in [-0.1, -0.05) is 17.7 Å². The van der Waals surface area contributed by atoms with Gasteiger partial charge < -0.3 is 40.5 Å². The van der Waals surface area contributed by atoms with E-state index in [2.05, 4.69) is 25.7 Å². The van der Waals surface area contributed by atoms with E-state index in [1.165, 1.54) is 6.07 Å². The molecule has 6 N–H and O–H groups in total. The van der Waals surface area contributed by atoms with E-state index < -0.39 is 88.1 Å². The highest BCUT2D eigenvalue weighted by Crippen LogP contribution is 2.41. The van der Waals surface area contributed by atoms with Crippen LogP contribution in [0.15, 0.2) is 36.7 Å². The molecule has 0 spiro atoms. The first kappa shape index (κ1) is 35.6. The monoisotopic (exact) mass is 729 g/mol. The summed E-state index contributed by atoms with van der Waals surface area (Å²) in [5.74, 6) is -9.34. The maximum absolute atomic E-state index is 14.6. The number of carboxylic acid groups (broad SMARTS) is 1. The fraction of sp³-hybridized carbons (Fsp3) is 0.355. The number of piperidine rings is 1. The zero-order valence-corrected chi connectivity index (χ0v) is 27.4. The van der Waals surface area contributed by atoms with Gasteiger partial charge in [-0.3, -0.25) is 9.69 Å². The maximum Gasteiger partial charge on any atom is 0.547 e. The molecule has 1 aromatic heterocycles. The number of carbonyl (C=O) groups excluding carboxylic acids is 3. The molecule has 5 amide bonds. The third-order valence-electron chi connectivity index (χ3n) is 9.12. The van der Waals surface area contributed by atoms with Crippen molar-refractivity contribution in [3.8, 4) is 17.2 Å². The Morgan fingerprint density at radius 1 is 1.06 bits per heavy atom. The summed E-state index contributed by atoms with van der Waals surface area (Å²) in [6.45, 7) is 2.21. The third kappa shape index (κ3) is 7.17. The van der Waals surface area contributed by atoms with E-state index >= 15 is 0 Å². The van der Waals surface area contributed by atoms with Crippen molar-refractivity contribution in [3.63, 3.8) is 0 Å². The molecule has 2 atom stereocenters. The summed E-state index contributed by atoms with van der Waals surface area (Å²) in [6.07, 6.45) is 4.32. The van der Waals surface area contributed by atoms with Gasteiger partial charge in [0.1, 0.15) is 23.2 Å². The van der Waals surface area contributed by atoms with E-state index in [1.54, 1.807) is 17.3 Å². The normalized spacial score (nSPS) is 18.6. The quantitative estimate of drug-likeness (QED) is 0.145. The molecule has 51 heavy (non-hydrogen) atoms. The van der Waals surface area contributed by atoms with Gasteiger partial charge in [-0.2, -0.15) is 10.2 Å². The summed E-state index contributed by atoms with van der Waals surface area (Å²) in [5.41, 5.74) is -0.195. The number of aromatic carboxylic acids is 1. The van der Waals surface area contributed by atoms with Gasteiger partial charge in [0, 0.05) is 50.5 Å². The van der Waals surface area contributed by atoms with E-state index in [1.807, 2.05) is 6.07 Å². The molecule has 3 aromatic rings. The molecule has 0 bridgehead atoms. The third-order valence-corrected chi connectivity index (χ3v) is 9.52. The van der Waals surface area contributed by atoms with Crippen molar-refractivity contribution in [2.24, 2.45) is 0 Å². The second-order valence-electron chi connectivity index (χ2n) is 12.3. The van der Waals surface area contributed by atoms with Gasteiger partial charge in [0.2, 0.25) is 5.91 Å². The van der Waals surface area contributed by atoms with Gasteiger partial charge in [0.15, 0.2) is 17.3 Å². The number of nitrogens with one attached hydrogen (secondary N) is 2. The Hall–Kier alpha value is -5.27. The van der Waals surface area contributed by atoms with Crippen molar-refractivity contribution in [2.45, 2.75) is 43.8 Å². The molecule has 16 nitrogen and oxygen atoms in total. The highest BCUT2D eigenvalue weighted by atomic mass is 35.5. The van der Waals surface area contributed by atoms with Crippen LogP contribution < -0.4 is 15.3 Å². The van der Waals surface area contributed by atoms with Gasteiger partial charge >= 0.3 is 25.1 Å². The Bertz CT molecular complexity index is 1870. The lowest BCUT2D eigenvalue weighted by Crippen LogP contribution is -2.56. The Morgan fingerprint density at radius 3 is 2.49 bits per heavy atom. The molecule has 0 aliphatic carbocycles. The van der Waals surface area contributed by atoms with Crippen molar-refractivity contribution in [1.82, 2.24) is 35.5 Å². The zero-order valence-electron chi connectivity index (χ0n) is 26.6. The van der Waals surface area contributed by atoms with Crippen molar-refractivity contribution in [2.75, 3.05) is 26.2 Å². The Balaban J connectivity index is 1.17. The number of fused-ring (bicyclic) bond motifs is 1. The molecular weight excluding hydrogens is 699 g/mol. The molecule has 3 aliphatic heterocycles. The number of aromatic nitrogens is 2. The Morgan fingerprint density at radius 2 is 1.80 bits per heavy atom. The summed E-state index contributed by atoms with van der Waals surface area (Å²) in [5, 5.41) is 51.9. The smallest absolute Gasteiger partial charge is 0.534 e. The first-order chi connectivity index (χ1) is 24.3. The number of urea groups is 2. The first-order valence-corrected chi connectivity index (χ1v) is 16.2. The van der Waals surface area contributed by atoms with Crippen LogP contribution >= 0.6 is 11.6 Å². The predicted molar refractivity (Wildman–Crippen MR) is 173 cm³/mol. The van der Waals surface area contributed by atoms with Crippen LogP contribution in [0.25, 0.3) is 0 Å². The van der Waals surface area contributed by atoms with E-state index in [-0.39, 0.29) is 31.1 Å². The molecule has 20 heteroatoms. The van der Waals surface area contributed by atoms with Crippen LogP contribution in [-0.4, -0.2) is 114 Å². The lowest BCUT2D eigenvalue weighted by molar-refractivity contribution is -0.123. The number of halogens is 3. The van der Waals surface area contributed by atoms with Crippen molar-refractivity contribution in [1.29, 1.82) is 0 Å². The van der Waals surface area contributed by atoms with Gasteiger partial charge in [0.05, 0.1) is 17.2 Å². The van der Waals surface area contributed by atoms with Gasteiger partial charge in [-0.25, -0.2) is 28.1 Å². The number of phenols is 2. The number of amides is 5. The SMILES string of the molecule is O=C(O)c1c(F)ccc2c1OB(O)[C@@H](NC(=O)C(NC(=O)N1CCN(C3CCN(Cc4ccnnc4)CC3)C1=O)c1cc(F)c(O)c(O)c1Cl)C2. The number of aromatic hydroxyl groups is 2. The van der Waals surface area contributed by atoms with Crippen LogP contribution in [-0.2, 0) is 17.8 Å². The number of carbonyl (C=O) groups is 4. The molecule has 2 fully saturated rings. The minimum absolute atomic E-state index is 0.0424. The van der Waals surface area contributed by atoms with Gasteiger partial charge in [-0.05, 0) is 48.6 Å². The highest BCUT2D eigenvalue weighted by Gasteiger charge is 2.43. The summed E-state index contributed by atoms with van der Waals surface area (Å²) < 4.78 is 34.1. The fourth-order valence-electron chi connectivity index (χ4n) is 6.48. The predicted octanol–water partition coefficient (Wildman–Crippen LogP) is 1.81. The number of likely N-dealkylation sites (tertiary alicyclic amines) is 1. The number of hydrogen-bond acceptors (Lipinski definition) is 11. The van der Waals surface area contributed by atoms with Gasteiger partial charge in [-0.15, -0.1) is 0 Å². The lowest BCUT2D eigenvalue weighted by atomic mass is 9.72. The molecule has 4 heterocycles. The number of phenolic OH excluding ortho intramolecular Hbond substituents is 2. The van der Waals surface area contributed by atoms with E-state index in [0.29, 0.717) is 38.5 Å². The van der Waals surface area contributed by atoms with Crippen molar-refractivity contribution >= 4 is 42.7 Å². The van der Waals surface area contributed by atoms with E-state index in [0.717, 1.165) is 16.5 Å². The molecule has 1 unspecified atom stereocenters. The summed E-state index contributed by atoms with van der Waals surface area (Å²) >= 11 is 6.20. The van der Waals surface area contributed by atoms with Crippen LogP contribution in [0, 0.1) is 11.6 Å². The summed E-state index contributed by atoms with van der Waals surface area (Å²) in [4.78, 5) is 57.1. The molecule has 0 saturated carbocycles. The zero-order chi connectivity index (χ0) is 36.6. The molecule has 2 aromatic carbocycles. The van der Waals surface area contributed by atoms with Crippen molar-refractivity contribution < 1.29 is 53.0 Å². The first-order valence-electron chi connectivity index (χ1n) is 15.8. The maximum atomic E-state index is 14.6. The second-order valence-corrected chi connectivity index (χ2v) is 12.6. The largest absolute Gasteiger partial charge is 0.547 e. The molecule has 0 radical (unpaired) electrons. The van der Waals surface area contributed by atoms with Crippen LogP contribution in [0.5, 0.6) is 17.2 Å².